The fraction of sp³-hybridized carbons (Fsp3) is 0.0909. The number of nitrogen functional groups attached to an aromatic ring is 1. The Bertz CT molecular complexity index is 1150. The molecule has 29 heavy (non-hydrogen) atoms. The molecule has 0 radical (unpaired) electrons. The molecule has 142 valence electrons. The summed E-state index contributed by atoms with van der Waals surface area (Å²) in [5, 5.41) is 19.6. The minimum atomic E-state index is -0.135. The first-order valence-electron chi connectivity index (χ1n) is 8.58. The molecule has 0 aliphatic heterocycles. The van der Waals surface area contributed by atoms with Crippen molar-refractivity contribution in [2.75, 3.05) is 18.6 Å². The Balaban J connectivity index is 1.98. The SMILES string of the molecule is COc1cccc(C(=O)CSc2nc(N)c(C#N)c(-c3ccccc3)c2C#N)c1. The van der Waals surface area contributed by atoms with Crippen molar-refractivity contribution < 1.29 is 9.53 Å². The summed E-state index contributed by atoms with van der Waals surface area (Å²) in [6, 6.07) is 20.1. The highest BCUT2D eigenvalue weighted by Crippen LogP contribution is 2.35. The summed E-state index contributed by atoms with van der Waals surface area (Å²) in [4.78, 5) is 16.8. The van der Waals surface area contributed by atoms with Gasteiger partial charge >= 0.3 is 0 Å². The first kappa shape index (κ1) is 19.9. The van der Waals surface area contributed by atoms with Crippen LogP contribution >= 0.6 is 11.8 Å². The topological polar surface area (TPSA) is 113 Å². The van der Waals surface area contributed by atoms with E-state index in [1.54, 1.807) is 36.4 Å². The number of anilines is 1. The van der Waals surface area contributed by atoms with Crippen LogP contribution < -0.4 is 10.5 Å². The lowest BCUT2D eigenvalue weighted by Gasteiger charge is -2.12. The number of carbonyl (C=O) groups excluding carboxylic acids is 1. The minimum absolute atomic E-state index is 0.0293. The molecule has 0 fully saturated rings. The van der Waals surface area contributed by atoms with Crippen molar-refractivity contribution in [1.29, 1.82) is 10.5 Å². The van der Waals surface area contributed by atoms with E-state index in [9.17, 15) is 15.3 Å². The number of pyridine rings is 1. The summed E-state index contributed by atoms with van der Waals surface area (Å²) in [5.41, 5.74) is 7.99. The molecule has 3 rings (SSSR count). The number of hydrogen-bond acceptors (Lipinski definition) is 7. The molecule has 0 saturated carbocycles. The molecule has 0 bridgehead atoms. The van der Waals surface area contributed by atoms with Gasteiger partial charge in [-0.05, 0) is 17.7 Å². The van der Waals surface area contributed by atoms with Gasteiger partial charge < -0.3 is 10.5 Å². The van der Waals surface area contributed by atoms with Crippen LogP contribution in [0.3, 0.4) is 0 Å². The van der Waals surface area contributed by atoms with Gasteiger partial charge in [-0.15, -0.1) is 0 Å². The molecule has 1 heterocycles. The molecular formula is C22H16N4O2S. The van der Waals surface area contributed by atoms with Crippen LogP contribution in [-0.4, -0.2) is 23.6 Å². The van der Waals surface area contributed by atoms with Crippen molar-refractivity contribution in [3.8, 4) is 29.0 Å². The second-order valence-electron chi connectivity index (χ2n) is 5.96. The molecule has 1 aromatic heterocycles. The van der Waals surface area contributed by atoms with Gasteiger partial charge in [0, 0.05) is 11.1 Å². The Labute approximate surface area is 172 Å². The van der Waals surface area contributed by atoms with E-state index in [0.29, 0.717) is 27.5 Å². The third-order valence-corrected chi connectivity index (χ3v) is 5.19. The Kier molecular flexibility index (Phi) is 6.13. The van der Waals surface area contributed by atoms with Gasteiger partial charge in [0.25, 0.3) is 0 Å². The lowest BCUT2D eigenvalue weighted by molar-refractivity contribution is 0.102. The number of methoxy groups -OCH3 is 1. The van der Waals surface area contributed by atoms with Crippen LogP contribution in [0.5, 0.6) is 5.75 Å². The third kappa shape index (κ3) is 4.21. The summed E-state index contributed by atoms with van der Waals surface area (Å²) in [5.74, 6) is 0.546. The highest BCUT2D eigenvalue weighted by Gasteiger charge is 2.21. The zero-order chi connectivity index (χ0) is 20.8. The molecule has 0 atom stereocenters. The number of aromatic nitrogens is 1. The number of ether oxygens (including phenoxy) is 1. The van der Waals surface area contributed by atoms with E-state index in [2.05, 4.69) is 11.1 Å². The second kappa shape index (κ2) is 8.92. The number of nitrogens with zero attached hydrogens (tertiary/aromatic N) is 3. The van der Waals surface area contributed by atoms with Gasteiger partial charge in [0.1, 0.15) is 34.3 Å². The summed E-state index contributed by atoms with van der Waals surface area (Å²) < 4.78 is 5.15. The maximum absolute atomic E-state index is 12.6. The standard InChI is InChI=1S/C22H16N4O2S/c1-28-16-9-5-8-15(10-16)19(27)13-29-22-18(12-24)20(14-6-3-2-4-7-14)17(11-23)21(25)26-22/h2-10H,13H2,1H3,(H2,25,26). The quantitative estimate of drug-likeness (QED) is 0.490. The van der Waals surface area contributed by atoms with Crippen molar-refractivity contribution in [1.82, 2.24) is 4.98 Å². The molecule has 0 saturated heterocycles. The number of rotatable bonds is 6. The molecule has 0 unspecified atom stereocenters. The minimum Gasteiger partial charge on any atom is -0.497 e. The smallest absolute Gasteiger partial charge is 0.173 e. The van der Waals surface area contributed by atoms with Crippen LogP contribution in [0.15, 0.2) is 59.6 Å². The average molecular weight is 400 g/mol. The largest absolute Gasteiger partial charge is 0.497 e. The van der Waals surface area contributed by atoms with E-state index >= 15 is 0 Å². The fourth-order valence-corrected chi connectivity index (χ4v) is 3.70. The molecule has 0 aliphatic carbocycles. The first-order valence-corrected chi connectivity index (χ1v) is 9.56. The first-order chi connectivity index (χ1) is 14.1. The number of nitriles is 2. The Morgan fingerprint density at radius 3 is 2.48 bits per heavy atom. The van der Waals surface area contributed by atoms with Crippen LogP contribution in [0.2, 0.25) is 0 Å². The van der Waals surface area contributed by atoms with Crippen LogP contribution in [0.25, 0.3) is 11.1 Å². The van der Waals surface area contributed by atoms with E-state index in [1.807, 2.05) is 24.3 Å². The van der Waals surface area contributed by atoms with E-state index in [-0.39, 0.29) is 28.5 Å². The predicted molar refractivity (Wildman–Crippen MR) is 112 cm³/mol. The average Bonchev–Trinajstić information content (AvgIpc) is 2.77. The maximum Gasteiger partial charge on any atom is 0.173 e. The normalized spacial score (nSPS) is 10.0. The van der Waals surface area contributed by atoms with Gasteiger partial charge in [0.05, 0.1) is 18.4 Å². The van der Waals surface area contributed by atoms with Crippen molar-refractivity contribution >= 4 is 23.4 Å². The predicted octanol–water partition coefficient (Wildman–Crippen LogP) is 4.06. The Morgan fingerprint density at radius 1 is 1.10 bits per heavy atom. The third-order valence-electron chi connectivity index (χ3n) is 4.21. The monoisotopic (exact) mass is 400 g/mol. The van der Waals surface area contributed by atoms with E-state index in [1.165, 1.54) is 7.11 Å². The summed E-state index contributed by atoms with van der Waals surface area (Å²) in [6.07, 6.45) is 0. The van der Waals surface area contributed by atoms with Gasteiger partial charge in [-0.1, -0.05) is 54.2 Å². The van der Waals surface area contributed by atoms with Gasteiger partial charge in [0.15, 0.2) is 5.78 Å². The fourth-order valence-electron chi connectivity index (χ4n) is 2.81. The number of hydrogen-bond donors (Lipinski definition) is 1. The van der Waals surface area contributed by atoms with Crippen LogP contribution in [0.4, 0.5) is 5.82 Å². The summed E-state index contributed by atoms with van der Waals surface area (Å²) in [6.45, 7) is 0. The van der Waals surface area contributed by atoms with E-state index in [0.717, 1.165) is 11.8 Å². The second-order valence-corrected chi connectivity index (χ2v) is 6.92. The zero-order valence-corrected chi connectivity index (χ0v) is 16.4. The Morgan fingerprint density at radius 2 is 1.83 bits per heavy atom. The summed E-state index contributed by atoms with van der Waals surface area (Å²) >= 11 is 1.12. The highest BCUT2D eigenvalue weighted by atomic mass is 32.2. The molecule has 2 N–H and O–H groups in total. The molecule has 2 aromatic carbocycles. The molecule has 0 aliphatic rings. The van der Waals surface area contributed by atoms with Crippen molar-refractivity contribution in [2.45, 2.75) is 5.03 Å². The molecule has 0 spiro atoms. The molecule has 0 amide bonds. The van der Waals surface area contributed by atoms with Crippen molar-refractivity contribution in [3.63, 3.8) is 0 Å². The number of ketones is 1. The lowest BCUT2D eigenvalue weighted by Crippen LogP contribution is -2.06. The maximum atomic E-state index is 12.6. The van der Waals surface area contributed by atoms with Crippen LogP contribution in [-0.2, 0) is 0 Å². The Hall–Kier alpha value is -3.81. The molecule has 7 heteroatoms. The molecular weight excluding hydrogens is 384 g/mol. The van der Waals surface area contributed by atoms with Crippen LogP contribution in [0.1, 0.15) is 21.5 Å². The number of Topliss-reactive ketones (excluding diaryl/α,β-unsaturated/α-hetero) is 1. The van der Waals surface area contributed by atoms with Gasteiger partial charge in [-0.25, -0.2) is 4.98 Å². The summed E-state index contributed by atoms with van der Waals surface area (Å²) in [7, 11) is 1.53. The molecule has 6 nitrogen and oxygen atoms in total. The van der Waals surface area contributed by atoms with E-state index in [4.69, 9.17) is 10.5 Å². The lowest BCUT2D eigenvalue weighted by atomic mass is 9.97. The van der Waals surface area contributed by atoms with Crippen molar-refractivity contribution in [2.24, 2.45) is 0 Å². The van der Waals surface area contributed by atoms with Gasteiger partial charge in [0.2, 0.25) is 0 Å². The number of benzene rings is 2. The zero-order valence-electron chi connectivity index (χ0n) is 15.5. The highest BCUT2D eigenvalue weighted by molar-refractivity contribution is 8.00. The number of carbonyl (C=O) groups is 1. The van der Waals surface area contributed by atoms with Gasteiger partial charge in [-0.3, -0.25) is 4.79 Å². The number of nitrogens with two attached hydrogens (primary N) is 1. The van der Waals surface area contributed by atoms with E-state index < -0.39 is 0 Å². The number of thioether (sulfide) groups is 1. The van der Waals surface area contributed by atoms with Gasteiger partial charge in [-0.2, -0.15) is 10.5 Å². The van der Waals surface area contributed by atoms with Crippen LogP contribution in [0, 0.1) is 22.7 Å². The molecule has 3 aromatic rings. The van der Waals surface area contributed by atoms with Crippen molar-refractivity contribution in [3.05, 3.63) is 71.3 Å².